The van der Waals surface area contributed by atoms with Crippen LogP contribution in [0.2, 0.25) is 0 Å². The zero-order valence-corrected chi connectivity index (χ0v) is 26.6. The summed E-state index contributed by atoms with van der Waals surface area (Å²) in [4.78, 5) is 18.0. The van der Waals surface area contributed by atoms with E-state index in [4.69, 9.17) is 9.88 Å². The van der Waals surface area contributed by atoms with Crippen LogP contribution in [0.5, 0.6) is 5.75 Å². The van der Waals surface area contributed by atoms with Gasteiger partial charge < -0.3 is 9.64 Å². The molecule has 0 saturated carbocycles. The van der Waals surface area contributed by atoms with Crippen LogP contribution in [0, 0.1) is 0 Å². The second-order valence-corrected chi connectivity index (χ2v) is 13.3. The highest BCUT2D eigenvalue weighted by Gasteiger charge is 2.16. The van der Waals surface area contributed by atoms with Gasteiger partial charge in [0.05, 0.1) is 4.90 Å². The number of nitrogens with zero attached hydrogens (tertiary/aromatic N) is 2. The molecule has 45 heavy (non-hydrogen) atoms. The van der Waals surface area contributed by atoms with Crippen molar-refractivity contribution in [1.82, 2.24) is 9.80 Å². The number of aryl methyl sites for hydroxylation is 1. The van der Waals surface area contributed by atoms with E-state index in [2.05, 4.69) is 47.4 Å². The van der Waals surface area contributed by atoms with Gasteiger partial charge in [0, 0.05) is 26.1 Å². The molecule has 1 aliphatic heterocycles. The molecule has 0 bridgehead atoms. The molecular weight excluding hydrogens is 582 g/mol. The molecule has 236 valence electrons. The van der Waals surface area contributed by atoms with Crippen molar-refractivity contribution in [3.63, 3.8) is 0 Å². The third kappa shape index (κ3) is 10.0. The fourth-order valence-electron chi connectivity index (χ4n) is 5.78. The Morgan fingerprint density at radius 2 is 1.44 bits per heavy atom. The maximum Gasteiger partial charge on any atom is 0.238 e. The van der Waals surface area contributed by atoms with E-state index in [0.717, 1.165) is 60.5 Å². The highest BCUT2D eigenvalue weighted by Crippen LogP contribution is 2.26. The first kappa shape index (κ1) is 32.4. The summed E-state index contributed by atoms with van der Waals surface area (Å²) in [7, 11) is -3.75. The number of benzene rings is 4. The van der Waals surface area contributed by atoms with Crippen molar-refractivity contribution in [3.05, 3.63) is 120 Å². The summed E-state index contributed by atoms with van der Waals surface area (Å²) < 4.78 is 29.4. The fourth-order valence-corrected chi connectivity index (χ4v) is 6.30. The number of sulfonamides is 1. The lowest BCUT2D eigenvalue weighted by Crippen LogP contribution is -2.32. The molecule has 1 amide bonds. The van der Waals surface area contributed by atoms with Crippen LogP contribution in [0.3, 0.4) is 0 Å². The molecule has 4 aromatic carbocycles. The minimum absolute atomic E-state index is 0.0815. The van der Waals surface area contributed by atoms with Crippen molar-refractivity contribution >= 4 is 15.9 Å². The number of rotatable bonds is 15. The molecule has 7 nitrogen and oxygen atoms in total. The molecule has 0 aliphatic carbocycles. The topological polar surface area (TPSA) is 92.9 Å². The van der Waals surface area contributed by atoms with Crippen molar-refractivity contribution in [2.24, 2.45) is 5.14 Å². The number of ether oxygens (including phenoxy) is 1. The highest BCUT2D eigenvalue weighted by atomic mass is 32.2. The maximum atomic E-state index is 13.6. The van der Waals surface area contributed by atoms with Gasteiger partial charge in [-0.3, -0.25) is 9.69 Å². The van der Waals surface area contributed by atoms with Gasteiger partial charge in [0.25, 0.3) is 0 Å². The summed E-state index contributed by atoms with van der Waals surface area (Å²) >= 11 is 0. The Morgan fingerprint density at radius 3 is 2.18 bits per heavy atom. The summed E-state index contributed by atoms with van der Waals surface area (Å²) in [6.45, 7) is 4.95. The largest absolute Gasteiger partial charge is 0.492 e. The lowest BCUT2D eigenvalue weighted by molar-refractivity contribution is -0.131. The molecule has 0 atom stereocenters. The Kier molecular flexibility index (Phi) is 11.4. The van der Waals surface area contributed by atoms with E-state index in [0.29, 0.717) is 32.5 Å². The normalized spacial score (nSPS) is 13.5. The van der Waals surface area contributed by atoms with Crippen LogP contribution in [0.25, 0.3) is 11.1 Å². The van der Waals surface area contributed by atoms with Crippen molar-refractivity contribution in [1.29, 1.82) is 0 Å². The predicted molar refractivity (Wildman–Crippen MR) is 179 cm³/mol. The lowest BCUT2D eigenvalue weighted by atomic mass is 10.0. The van der Waals surface area contributed by atoms with Gasteiger partial charge in [-0.05, 0) is 103 Å². The highest BCUT2D eigenvalue weighted by molar-refractivity contribution is 7.89. The lowest BCUT2D eigenvalue weighted by Gasteiger charge is -2.24. The first-order valence-electron chi connectivity index (χ1n) is 15.8. The van der Waals surface area contributed by atoms with Crippen molar-refractivity contribution < 1.29 is 17.9 Å². The quantitative estimate of drug-likeness (QED) is 0.173. The van der Waals surface area contributed by atoms with Crippen LogP contribution in [0.4, 0.5) is 0 Å². The molecule has 1 heterocycles. The number of carbonyl (C=O) groups excluding carboxylic acids is 1. The SMILES string of the molecule is NS(=O)(=O)c1ccc(CCN(Cc2cccc(-c3cccc(OCCN4CCCC4)c3)c2)C(=O)CCCc2ccccc2)cc1. The molecule has 5 rings (SSSR count). The molecule has 1 fully saturated rings. The summed E-state index contributed by atoms with van der Waals surface area (Å²) in [6, 6.07) is 33.3. The zero-order chi connectivity index (χ0) is 31.5. The molecule has 2 N–H and O–H groups in total. The Balaban J connectivity index is 1.25. The minimum atomic E-state index is -3.75. The van der Waals surface area contributed by atoms with Crippen molar-refractivity contribution in [2.75, 3.05) is 32.8 Å². The Labute approximate surface area is 267 Å². The molecule has 0 unspecified atom stereocenters. The third-order valence-corrected chi connectivity index (χ3v) is 9.25. The maximum absolute atomic E-state index is 13.6. The Bertz CT molecular complexity index is 1640. The Hall–Kier alpha value is -3.98. The molecule has 0 radical (unpaired) electrons. The zero-order valence-electron chi connectivity index (χ0n) is 25.8. The summed E-state index contributed by atoms with van der Waals surface area (Å²) in [6.07, 6.45) is 5.23. The van der Waals surface area contributed by atoms with Gasteiger partial charge in [-0.25, -0.2) is 13.6 Å². The summed E-state index contributed by atoms with van der Waals surface area (Å²) in [5.74, 6) is 0.965. The number of likely N-dealkylation sites (tertiary alicyclic amines) is 1. The monoisotopic (exact) mass is 625 g/mol. The van der Waals surface area contributed by atoms with Gasteiger partial charge in [-0.2, -0.15) is 0 Å². The van der Waals surface area contributed by atoms with Gasteiger partial charge in [0.2, 0.25) is 15.9 Å². The van der Waals surface area contributed by atoms with E-state index in [1.165, 1.54) is 30.5 Å². The third-order valence-electron chi connectivity index (χ3n) is 8.32. The molecular formula is C37H43N3O4S. The summed E-state index contributed by atoms with van der Waals surface area (Å²) in [5, 5.41) is 5.26. The van der Waals surface area contributed by atoms with E-state index < -0.39 is 10.0 Å². The van der Waals surface area contributed by atoms with Gasteiger partial charge in [-0.1, -0.05) is 72.8 Å². The van der Waals surface area contributed by atoms with Crippen LogP contribution in [-0.2, 0) is 34.2 Å². The van der Waals surface area contributed by atoms with Gasteiger partial charge in [-0.15, -0.1) is 0 Å². The predicted octanol–water partition coefficient (Wildman–Crippen LogP) is 6.07. The van der Waals surface area contributed by atoms with Crippen molar-refractivity contribution in [2.45, 2.75) is 50.0 Å². The average Bonchev–Trinajstić information content (AvgIpc) is 3.57. The number of hydrogen-bond donors (Lipinski definition) is 1. The average molecular weight is 626 g/mol. The van der Waals surface area contributed by atoms with Crippen LogP contribution in [0.1, 0.15) is 42.4 Å². The van der Waals surface area contributed by atoms with E-state index in [1.54, 1.807) is 12.1 Å². The first-order chi connectivity index (χ1) is 21.8. The second kappa shape index (κ2) is 15.8. The van der Waals surface area contributed by atoms with Crippen LogP contribution >= 0.6 is 0 Å². The Morgan fingerprint density at radius 1 is 0.778 bits per heavy atom. The fraction of sp³-hybridized carbons (Fsp3) is 0.324. The van der Waals surface area contributed by atoms with Crippen LogP contribution in [0.15, 0.2) is 108 Å². The van der Waals surface area contributed by atoms with Gasteiger partial charge in [0.15, 0.2) is 0 Å². The van der Waals surface area contributed by atoms with E-state index >= 15 is 0 Å². The molecule has 8 heteroatoms. The minimum Gasteiger partial charge on any atom is -0.492 e. The van der Waals surface area contributed by atoms with E-state index in [1.807, 2.05) is 41.3 Å². The van der Waals surface area contributed by atoms with E-state index in [-0.39, 0.29) is 10.8 Å². The number of primary sulfonamides is 1. The van der Waals surface area contributed by atoms with Gasteiger partial charge in [0.1, 0.15) is 12.4 Å². The number of amides is 1. The number of nitrogens with two attached hydrogens (primary N) is 1. The molecule has 1 saturated heterocycles. The van der Waals surface area contributed by atoms with Gasteiger partial charge >= 0.3 is 0 Å². The standard InChI is InChI=1S/C37H43N3O4S/c38-45(42,43)36-19-17-31(18-20-36)21-24-40(37(41)16-7-11-30-9-2-1-3-10-30)29-32-12-6-13-33(27-32)34-14-8-15-35(28-34)44-26-25-39-22-4-5-23-39/h1-3,6,8-10,12-15,17-20,27-28H,4-5,7,11,16,21-26,29H2,(H2,38,42,43). The number of hydrogen-bond acceptors (Lipinski definition) is 5. The number of carbonyl (C=O) groups is 1. The van der Waals surface area contributed by atoms with Crippen LogP contribution in [-0.4, -0.2) is 56.9 Å². The second-order valence-electron chi connectivity index (χ2n) is 11.7. The first-order valence-corrected chi connectivity index (χ1v) is 17.4. The molecule has 0 spiro atoms. The van der Waals surface area contributed by atoms with Crippen LogP contribution < -0.4 is 9.88 Å². The summed E-state index contributed by atoms with van der Waals surface area (Å²) in [5.41, 5.74) is 5.37. The molecule has 4 aromatic rings. The van der Waals surface area contributed by atoms with Crippen molar-refractivity contribution in [3.8, 4) is 16.9 Å². The smallest absolute Gasteiger partial charge is 0.238 e. The molecule has 0 aromatic heterocycles. The molecule has 1 aliphatic rings. The van der Waals surface area contributed by atoms with E-state index in [9.17, 15) is 13.2 Å².